The van der Waals surface area contributed by atoms with Crippen molar-refractivity contribution in [2.24, 2.45) is 5.92 Å². The predicted octanol–water partition coefficient (Wildman–Crippen LogP) is 3.03. The molecule has 0 aliphatic carbocycles. The molecule has 1 atom stereocenters. The maximum Gasteiger partial charge on any atom is 0.137 e. The summed E-state index contributed by atoms with van der Waals surface area (Å²) in [5, 5.41) is 3.37. The van der Waals surface area contributed by atoms with E-state index in [0.717, 1.165) is 30.6 Å². The van der Waals surface area contributed by atoms with Gasteiger partial charge < -0.3 is 5.32 Å². The molecule has 1 saturated heterocycles. The van der Waals surface area contributed by atoms with Crippen molar-refractivity contribution in [3.63, 3.8) is 0 Å². The summed E-state index contributed by atoms with van der Waals surface area (Å²) < 4.78 is 13.0. The second-order valence-corrected chi connectivity index (χ2v) is 5.54. The van der Waals surface area contributed by atoms with Gasteiger partial charge in [0, 0.05) is 12.8 Å². The highest BCUT2D eigenvalue weighted by atomic mass is 19.1. The quantitative estimate of drug-likeness (QED) is 0.884. The van der Waals surface area contributed by atoms with E-state index in [0.29, 0.717) is 18.8 Å². The van der Waals surface area contributed by atoms with Crippen molar-refractivity contribution in [3.8, 4) is 0 Å². The van der Waals surface area contributed by atoms with E-state index < -0.39 is 0 Å². The SMILES string of the molecule is Cc1cc(F)ccc1CC(=O)CCC1CCCNC1. The molecule has 1 heterocycles. The standard InChI is InChI=1S/C16H22FNO/c1-12-9-15(17)6-5-14(12)10-16(19)7-4-13-3-2-8-18-11-13/h5-6,9,13,18H,2-4,7-8,10-11H2,1H3. The first-order valence-electron chi connectivity index (χ1n) is 7.12. The van der Waals surface area contributed by atoms with Crippen molar-refractivity contribution in [3.05, 3.63) is 35.1 Å². The third kappa shape index (κ3) is 4.43. The van der Waals surface area contributed by atoms with Crippen molar-refractivity contribution in [1.82, 2.24) is 5.32 Å². The van der Waals surface area contributed by atoms with Crippen LogP contribution in [0.1, 0.15) is 36.8 Å². The number of hydrogen-bond donors (Lipinski definition) is 1. The van der Waals surface area contributed by atoms with E-state index in [4.69, 9.17) is 0 Å². The van der Waals surface area contributed by atoms with Crippen molar-refractivity contribution in [2.45, 2.75) is 39.0 Å². The van der Waals surface area contributed by atoms with Crippen LogP contribution in [0.2, 0.25) is 0 Å². The molecule has 1 aromatic rings. The highest BCUT2D eigenvalue weighted by Gasteiger charge is 2.15. The molecule has 0 bridgehead atoms. The number of halogens is 1. The summed E-state index contributed by atoms with van der Waals surface area (Å²) in [4.78, 5) is 12.0. The molecule has 1 fully saturated rings. The number of aryl methyl sites for hydroxylation is 1. The lowest BCUT2D eigenvalue weighted by Gasteiger charge is -2.22. The first-order valence-corrected chi connectivity index (χ1v) is 7.12. The van der Waals surface area contributed by atoms with Crippen LogP contribution < -0.4 is 5.32 Å². The number of nitrogens with one attached hydrogen (secondary N) is 1. The molecule has 0 spiro atoms. The van der Waals surface area contributed by atoms with E-state index in [-0.39, 0.29) is 11.6 Å². The zero-order valence-corrected chi connectivity index (χ0v) is 11.5. The molecule has 0 radical (unpaired) electrons. The fraction of sp³-hybridized carbons (Fsp3) is 0.562. The van der Waals surface area contributed by atoms with Gasteiger partial charge in [-0.25, -0.2) is 4.39 Å². The number of piperidine rings is 1. The lowest BCUT2D eigenvalue weighted by atomic mass is 9.92. The van der Waals surface area contributed by atoms with Crippen LogP contribution in [-0.4, -0.2) is 18.9 Å². The van der Waals surface area contributed by atoms with Gasteiger partial charge in [-0.05, 0) is 68.5 Å². The van der Waals surface area contributed by atoms with Gasteiger partial charge in [0.25, 0.3) is 0 Å². The Morgan fingerprint density at radius 1 is 1.47 bits per heavy atom. The summed E-state index contributed by atoms with van der Waals surface area (Å²) in [6.45, 7) is 4.01. The Morgan fingerprint density at radius 2 is 2.32 bits per heavy atom. The van der Waals surface area contributed by atoms with Gasteiger partial charge in [-0.1, -0.05) is 6.07 Å². The van der Waals surface area contributed by atoms with Crippen molar-refractivity contribution in [2.75, 3.05) is 13.1 Å². The minimum absolute atomic E-state index is 0.234. The number of hydrogen-bond acceptors (Lipinski definition) is 2. The summed E-state index contributed by atoms with van der Waals surface area (Å²) in [6.07, 6.45) is 4.51. The highest BCUT2D eigenvalue weighted by molar-refractivity contribution is 5.81. The third-order valence-electron chi connectivity index (χ3n) is 3.92. The summed E-state index contributed by atoms with van der Waals surface area (Å²) in [6, 6.07) is 4.65. The fourth-order valence-corrected chi connectivity index (χ4v) is 2.69. The van der Waals surface area contributed by atoms with E-state index in [1.54, 1.807) is 6.07 Å². The first kappa shape index (κ1) is 14.2. The Kier molecular flexibility index (Phi) is 5.08. The Bertz CT molecular complexity index is 438. The maximum absolute atomic E-state index is 13.0. The topological polar surface area (TPSA) is 29.1 Å². The number of rotatable bonds is 5. The lowest BCUT2D eigenvalue weighted by molar-refractivity contribution is -0.118. The molecule has 0 saturated carbocycles. The van der Waals surface area contributed by atoms with E-state index in [1.807, 2.05) is 6.92 Å². The summed E-state index contributed by atoms with van der Waals surface area (Å²) in [5.41, 5.74) is 1.82. The Labute approximate surface area is 114 Å². The zero-order valence-electron chi connectivity index (χ0n) is 11.5. The van der Waals surface area contributed by atoms with Gasteiger partial charge in [-0.15, -0.1) is 0 Å². The summed E-state index contributed by atoms with van der Waals surface area (Å²) in [5.74, 6) is 0.675. The zero-order chi connectivity index (χ0) is 13.7. The van der Waals surface area contributed by atoms with Gasteiger partial charge in [0.1, 0.15) is 11.6 Å². The van der Waals surface area contributed by atoms with Crippen LogP contribution in [0.25, 0.3) is 0 Å². The normalized spacial score (nSPS) is 19.4. The van der Waals surface area contributed by atoms with Crippen molar-refractivity contribution in [1.29, 1.82) is 0 Å². The van der Waals surface area contributed by atoms with E-state index in [2.05, 4.69) is 5.32 Å². The van der Waals surface area contributed by atoms with Crippen LogP contribution in [0.3, 0.4) is 0 Å². The Morgan fingerprint density at radius 3 is 3.00 bits per heavy atom. The minimum Gasteiger partial charge on any atom is -0.316 e. The van der Waals surface area contributed by atoms with Gasteiger partial charge >= 0.3 is 0 Å². The highest BCUT2D eigenvalue weighted by Crippen LogP contribution is 2.17. The fourth-order valence-electron chi connectivity index (χ4n) is 2.69. The second kappa shape index (κ2) is 6.80. The molecule has 1 unspecified atom stereocenters. The number of ketones is 1. The van der Waals surface area contributed by atoms with Gasteiger partial charge in [0.2, 0.25) is 0 Å². The molecule has 2 rings (SSSR count). The van der Waals surface area contributed by atoms with E-state index in [1.165, 1.54) is 25.0 Å². The van der Waals surface area contributed by atoms with Crippen LogP contribution in [0.5, 0.6) is 0 Å². The molecular weight excluding hydrogens is 241 g/mol. The lowest BCUT2D eigenvalue weighted by Crippen LogP contribution is -2.30. The Balaban J connectivity index is 1.80. The molecule has 3 heteroatoms. The molecule has 1 aliphatic rings. The van der Waals surface area contributed by atoms with Crippen LogP contribution in [0, 0.1) is 18.7 Å². The van der Waals surface area contributed by atoms with Crippen LogP contribution in [0.4, 0.5) is 4.39 Å². The molecular formula is C16H22FNO. The molecule has 0 aromatic heterocycles. The summed E-state index contributed by atoms with van der Waals surface area (Å²) in [7, 11) is 0. The molecule has 104 valence electrons. The number of benzene rings is 1. The monoisotopic (exact) mass is 263 g/mol. The largest absolute Gasteiger partial charge is 0.316 e. The van der Waals surface area contributed by atoms with Gasteiger partial charge in [0.15, 0.2) is 0 Å². The van der Waals surface area contributed by atoms with Crippen LogP contribution >= 0.6 is 0 Å². The third-order valence-corrected chi connectivity index (χ3v) is 3.92. The summed E-state index contributed by atoms with van der Waals surface area (Å²) >= 11 is 0. The molecule has 1 aliphatic heterocycles. The minimum atomic E-state index is -0.234. The average Bonchev–Trinajstić information content (AvgIpc) is 2.41. The van der Waals surface area contributed by atoms with Crippen molar-refractivity contribution >= 4 is 5.78 Å². The van der Waals surface area contributed by atoms with E-state index >= 15 is 0 Å². The van der Waals surface area contributed by atoms with Crippen LogP contribution in [-0.2, 0) is 11.2 Å². The first-order chi connectivity index (χ1) is 9.15. The molecule has 2 nitrogen and oxygen atoms in total. The van der Waals surface area contributed by atoms with Crippen molar-refractivity contribution < 1.29 is 9.18 Å². The number of carbonyl (C=O) groups is 1. The second-order valence-electron chi connectivity index (χ2n) is 5.54. The number of Topliss-reactive ketones (excluding diaryl/α,β-unsaturated/α-hetero) is 1. The molecule has 0 amide bonds. The Hall–Kier alpha value is -1.22. The predicted molar refractivity (Wildman–Crippen MR) is 74.7 cm³/mol. The van der Waals surface area contributed by atoms with Gasteiger partial charge in [0.05, 0.1) is 0 Å². The molecule has 1 N–H and O–H groups in total. The van der Waals surface area contributed by atoms with E-state index in [9.17, 15) is 9.18 Å². The number of carbonyl (C=O) groups excluding carboxylic acids is 1. The average molecular weight is 263 g/mol. The molecule has 19 heavy (non-hydrogen) atoms. The van der Waals surface area contributed by atoms with Gasteiger partial charge in [-0.3, -0.25) is 4.79 Å². The molecule has 1 aromatic carbocycles. The van der Waals surface area contributed by atoms with Gasteiger partial charge in [-0.2, -0.15) is 0 Å². The van der Waals surface area contributed by atoms with Crippen LogP contribution in [0.15, 0.2) is 18.2 Å². The maximum atomic E-state index is 13.0. The smallest absolute Gasteiger partial charge is 0.137 e.